The predicted molar refractivity (Wildman–Crippen MR) is 76.7 cm³/mol. The lowest BCUT2D eigenvalue weighted by Crippen LogP contribution is -2.02. The second-order valence-electron chi connectivity index (χ2n) is 5.74. The molecule has 2 saturated carbocycles. The fourth-order valence-corrected chi connectivity index (χ4v) is 3.39. The Morgan fingerprint density at radius 3 is 2.67 bits per heavy atom. The Balaban J connectivity index is 1.65. The van der Waals surface area contributed by atoms with Crippen LogP contribution in [0.5, 0.6) is 0 Å². The zero-order valence-electron chi connectivity index (χ0n) is 11.5. The summed E-state index contributed by atoms with van der Waals surface area (Å²) >= 11 is 1.33. The molecule has 2 fully saturated rings. The normalized spacial score (nSPS) is 18.2. The summed E-state index contributed by atoms with van der Waals surface area (Å²) in [6.07, 6.45) is 4.71. The Morgan fingerprint density at radius 1 is 1.24 bits per heavy atom. The SMILES string of the molecule is OCc1ccc(Sc2nnc(C3CC3)n2C2CC2)c(F)c1. The molecule has 0 radical (unpaired) electrons. The number of nitrogens with zero attached hydrogens (tertiary/aromatic N) is 3. The van der Waals surface area contributed by atoms with Crippen LogP contribution < -0.4 is 0 Å². The molecule has 0 unspecified atom stereocenters. The van der Waals surface area contributed by atoms with Crippen LogP contribution in [-0.4, -0.2) is 19.9 Å². The van der Waals surface area contributed by atoms with Crippen LogP contribution in [0.25, 0.3) is 0 Å². The van der Waals surface area contributed by atoms with Crippen LogP contribution >= 0.6 is 11.8 Å². The van der Waals surface area contributed by atoms with Crippen molar-refractivity contribution in [3.05, 3.63) is 35.4 Å². The van der Waals surface area contributed by atoms with Gasteiger partial charge in [-0.15, -0.1) is 10.2 Å². The summed E-state index contributed by atoms with van der Waals surface area (Å²) in [5.74, 6) is 1.31. The molecule has 1 N–H and O–H groups in total. The number of aliphatic hydroxyl groups is 1. The summed E-state index contributed by atoms with van der Waals surface area (Å²) in [6.45, 7) is -0.147. The van der Waals surface area contributed by atoms with Crippen LogP contribution in [0.4, 0.5) is 4.39 Å². The van der Waals surface area contributed by atoms with Gasteiger partial charge in [0.05, 0.1) is 11.5 Å². The van der Waals surface area contributed by atoms with Crippen LogP contribution in [0.15, 0.2) is 28.3 Å². The molecule has 0 atom stereocenters. The number of benzene rings is 1. The summed E-state index contributed by atoms with van der Waals surface area (Å²) in [4.78, 5) is 0.531. The van der Waals surface area contributed by atoms with Gasteiger partial charge in [-0.1, -0.05) is 6.07 Å². The molecule has 4 rings (SSSR count). The number of rotatable bonds is 5. The Labute approximate surface area is 126 Å². The van der Waals surface area contributed by atoms with Gasteiger partial charge in [0, 0.05) is 12.0 Å². The van der Waals surface area contributed by atoms with Crippen LogP contribution in [0.3, 0.4) is 0 Å². The largest absolute Gasteiger partial charge is 0.392 e. The van der Waals surface area contributed by atoms with Gasteiger partial charge >= 0.3 is 0 Å². The van der Waals surface area contributed by atoms with Crippen molar-refractivity contribution in [3.63, 3.8) is 0 Å². The molecule has 0 amide bonds. The van der Waals surface area contributed by atoms with E-state index in [-0.39, 0.29) is 12.4 Å². The second-order valence-corrected chi connectivity index (χ2v) is 6.75. The summed E-state index contributed by atoms with van der Waals surface area (Å²) in [5, 5.41) is 18.4. The minimum atomic E-state index is -0.315. The maximum atomic E-state index is 14.1. The van der Waals surface area contributed by atoms with Crippen molar-refractivity contribution in [2.24, 2.45) is 0 Å². The fourth-order valence-electron chi connectivity index (χ4n) is 2.48. The van der Waals surface area contributed by atoms with Gasteiger partial charge in [-0.05, 0) is 55.1 Å². The molecule has 0 bridgehead atoms. The minimum absolute atomic E-state index is 0.147. The van der Waals surface area contributed by atoms with Gasteiger partial charge < -0.3 is 9.67 Å². The smallest absolute Gasteiger partial charge is 0.196 e. The Bertz CT molecular complexity index is 680. The van der Waals surface area contributed by atoms with Crippen LogP contribution in [0.1, 0.15) is 49.0 Å². The van der Waals surface area contributed by atoms with E-state index in [1.165, 1.54) is 30.7 Å². The molecule has 2 aliphatic carbocycles. The molecular formula is C15H16FN3OS. The Hall–Kier alpha value is -1.40. The first-order valence-corrected chi connectivity index (χ1v) is 8.10. The van der Waals surface area contributed by atoms with Crippen molar-refractivity contribution in [2.45, 2.75) is 54.3 Å². The lowest BCUT2D eigenvalue weighted by Gasteiger charge is -2.09. The van der Waals surface area contributed by atoms with Crippen LogP contribution in [-0.2, 0) is 6.61 Å². The van der Waals surface area contributed by atoms with Crippen LogP contribution in [0, 0.1) is 5.82 Å². The average molecular weight is 305 g/mol. The maximum absolute atomic E-state index is 14.1. The predicted octanol–water partition coefficient (Wildman–Crippen LogP) is 3.27. The molecule has 2 aromatic rings. The van der Waals surface area contributed by atoms with E-state index in [1.54, 1.807) is 12.1 Å². The third kappa shape index (κ3) is 2.58. The van der Waals surface area contributed by atoms with Crippen molar-refractivity contribution in [1.82, 2.24) is 14.8 Å². The number of hydrogen-bond donors (Lipinski definition) is 1. The average Bonchev–Trinajstić information content (AvgIpc) is 3.40. The fraction of sp³-hybridized carbons (Fsp3) is 0.467. The molecule has 110 valence electrons. The van der Waals surface area contributed by atoms with E-state index < -0.39 is 0 Å². The molecule has 0 spiro atoms. The first-order chi connectivity index (χ1) is 10.3. The zero-order valence-corrected chi connectivity index (χ0v) is 12.3. The number of halogens is 1. The highest BCUT2D eigenvalue weighted by molar-refractivity contribution is 7.99. The van der Waals surface area contributed by atoms with E-state index >= 15 is 0 Å². The molecular weight excluding hydrogens is 289 g/mol. The van der Waals surface area contributed by atoms with Gasteiger partial charge in [-0.3, -0.25) is 0 Å². The van der Waals surface area contributed by atoms with Gasteiger partial charge in [0.15, 0.2) is 5.16 Å². The van der Waals surface area contributed by atoms with Crippen molar-refractivity contribution in [1.29, 1.82) is 0 Å². The van der Waals surface area contributed by atoms with Gasteiger partial charge in [0.1, 0.15) is 11.6 Å². The molecule has 2 aliphatic rings. The van der Waals surface area contributed by atoms with Crippen molar-refractivity contribution in [3.8, 4) is 0 Å². The van der Waals surface area contributed by atoms with Gasteiger partial charge in [0.25, 0.3) is 0 Å². The van der Waals surface area contributed by atoms with E-state index in [9.17, 15) is 4.39 Å². The molecule has 4 nitrogen and oxygen atoms in total. The van der Waals surface area contributed by atoms with Crippen molar-refractivity contribution < 1.29 is 9.50 Å². The van der Waals surface area contributed by atoms with E-state index in [4.69, 9.17) is 5.11 Å². The highest BCUT2D eigenvalue weighted by Gasteiger charge is 2.36. The summed E-state index contributed by atoms with van der Waals surface area (Å²) in [6, 6.07) is 5.32. The Morgan fingerprint density at radius 2 is 2.05 bits per heavy atom. The van der Waals surface area contributed by atoms with Gasteiger partial charge in [-0.2, -0.15) is 0 Å². The third-order valence-electron chi connectivity index (χ3n) is 3.93. The first-order valence-electron chi connectivity index (χ1n) is 7.28. The standard InChI is InChI=1S/C15H16FN3OS/c16-12-7-9(8-20)1-6-13(12)21-15-18-17-14(10-2-3-10)19(15)11-4-5-11/h1,6-7,10-11,20H,2-5,8H2. The lowest BCUT2D eigenvalue weighted by atomic mass is 10.2. The highest BCUT2D eigenvalue weighted by Crippen LogP contribution is 2.46. The highest BCUT2D eigenvalue weighted by atomic mass is 32.2. The molecule has 1 heterocycles. The van der Waals surface area contributed by atoms with Gasteiger partial charge in [-0.25, -0.2) is 4.39 Å². The van der Waals surface area contributed by atoms with Crippen molar-refractivity contribution in [2.75, 3.05) is 0 Å². The van der Waals surface area contributed by atoms with E-state index in [2.05, 4.69) is 14.8 Å². The molecule has 1 aromatic heterocycles. The molecule has 0 saturated heterocycles. The lowest BCUT2D eigenvalue weighted by molar-refractivity contribution is 0.281. The zero-order chi connectivity index (χ0) is 14.4. The summed E-state index contributed by atoms with van der Waals surface area (Å²) in [5.41, 5.74) is 0.583. The number of aromatic nitrogens is 3. The summed E-state index contributed by atoms with van der Waals surface area (Å²) < 4.78 is 16.3. The van der Waals surface area contributed by atoms with E-state index in [0.29, 0.717) is 22.4 Å². The monoisotopic (exact) mass is 305 g/mol. The second kappa shape index (κ2) is 5.10. The number of hydrogen-bond acceptors (Lipinski definition) is 4. The maximum Gasteiger partial charge on any atom is 0.196 e. The molecule has 21 heavy (non-hydrogen) atoms. The van der Waals surface area contributed by atoms with Crippen molar-refractivity contribution >= 4 is 11.8 Å². The topological polar surface area (TPSA) is 50.9 Å². The Kier molecular flexibility index (Phi) is 3.23. The molecule has 6 heteroatoms. The quantitative estimate of drug-likeness (QED) is 0.921. The summed E-state index contributed by atoms with van der Waals surface area (Å²) in [7, 11) is 0. The number of aliphatic hydroxyl groups excluding tert-OH is 1. The van der Waals surface area contributed by atoms with E-state index in [0.717, 1.165) is 23.8 Å². The van der Waals surface area contributed by atoms with E-state index in [1.807, 2.05) is 0 Å². The van der Waals surface area contributed by atoms with Gasteiger partial charge in [0.2, 0.25) is 0 Å². The molecule has 1 aromatic carbocycles. The third-order valence-corrected chi connectivity index (χ3v) is 4.94. The minimum Gasteiger partial charge on any atom is -0.392 e. The molecule has 0 aliphatic heterocycles. The van der Waals surface area contributed by atoms with Crippen LogP contribution in [0.2, 0.25) is 0 Å². The first kappa shape index (κ1) is 13.3.